The topological polar surface area (TPSA) is 104 Å². The molecule has 1 fully saturated rings. The summed E-state index contributed by atoms with van der Waals surface area (Å²) in [7, 11) is -3.61. The maximum Gasteiger partial charge on any atom is 0.407 e. The smallest absolute Gasteiger partial charge is 0.365 e. The van der Waals surface area contributed by atoms with Crippen molar-refractivity contribution in [2.24, 2.45) is 0 Å². The summed E-state index contributed by atoms with van der Waals surface area (Å²) in [5.74, 6) is 0.895. The van der Waals surface area contributed by atoms with Gasteiger partial charge in [0.2, 0.25) is 10.0 Å². The fourth-order valence-electron chi connectivity index (χ4n) is 3.95. The van der Waals surface area contributed by atoms with Crippen LogP contribution in [-0.4, -0.2) is 36.0 Å². The molecule has 0 atom stereocenters. The first kappa shape index (κ1) is 24.0. The van der Waals surface area contributed by atoms with Crippen LogP contribution < -0.4 is 14.9 Å². The van der Waals surface area contributed by atoms with Gasteiger partial charge in [0, 0.05) is 30.0 Å². The van der Waals surface area contributed by atoms with Crippen molar-refractivity contribution in [3.8, 4) is 0 Å². The van der Waals surface area contributed by atoms with Crippen LogP contribution in [0, 0.1) is 6.57 Å². The predicted molar refractivity (Wildman–Crippen MR) is 125 cm³/mol. The number of nitrogens with zero attached hydrogens (tertiary/aromatic N) is 5. The van der Waals surface area contributed by atoms with Crippen molar-refractivity contribution >= 4 is 33.0 Å². The maximum atomic E-state index is 13.4. The molecule has 2 aliphatic rings. The summed E-state index contributed by atoms with van der Waals surface area (Å²) in [5.41, 5.74) is 0.402. The van der Waals surface area contributed by atoms with Crippen LogP contribution >= 0.6 is 0 Å². The lowest BCUT2D eigenvalue weighted by Gasteiger charge is -2.31. The Morgan fingerprint density at radius 1 is 1.11 bits per heavy atom. The number of hydrogen-bond donors (Lipinski definition) is 2. The van der Waals surface area contributed by atoms with Crippen LogP contribution in [0.4, 0.5) is 36.2 Å². The van der Waals surface area contributed by atoms with Gasteiger partial charge >= 0.3 is 6.18 Å². The maximum absolute atomic E-state index is 13.4. The van der Waals surface area contributed by atoms with Gasteiger partial charge in [-0.25, -0.2) is 32.9 Å². The number of aromatic nitrogens is 3. The van der Waals surface area contributed by atoms with Gasteiger partial charge < -0.3 is 10.2 Å². The largest absolute Gasteiger partial charge is 0.407 e. The van der Waals surface area contributed by atoms with Gasteiger partial charge in [-0.3, -0.25) is 0 Å². The average Bonchev–Trinajstić information content (AvgIpc) is 3.66. The molecule has 9 nitrogen and oxygen atoms in total. The number of fused-ring (bicyclic) bond motifs is 1. The Labute approximate surface area is 205 Å². The highest BCUT2D eigenvalue weighted by molar-refractivity contribution is 7.89. The number of sulfonamides is 1. The Morgan fingerprint density at radius 2 is 1.92 bits per heavy atom. The Kier molecular flexibility index (Phi) is 6.01. The van der Waals surface area contributed by atoms with Crippen molar-refractivity contribution in [1.29, 1.82) is 0 Å². The summed E-state index contributed by atoms with van der Waals surface area (Å²) in [5, 5.41) is 3.08. The molecule has 13 heteroatoms. The van der Waals surface area contributed by atoms with E-state index in [4.69, 9.17) is 6.57 Å². The molecule has 2 aromatic heterocycles. The molecule has 186 valence electrons. The van der Waals surface area contributed by atoms with E-state index in [1.807, 2.05) is 0 Å². The van der Waals surface area contributed by atoms with Gasteiger partial charge in [0.25, 0.3) is 0 Å². The second-order valence-corrected chi connectivity index (χ2v) is 10.2. The van der Waals surface area contributed by atoms with E-state index < -0.39 is 27.5 Å². The third-order valence-electron chi connectivity index (χ3n) is 5.97. The normalized spacial score (nSPS) is 15.8. The fourth-order valence-corrected chi connectivity index (χ4v) is 5.20. The molecule has 3 aromatic rings. The van der Waals surface area contributed by atoms with E-state index in [9.17, 15) is 21.6 Å². The zero-order valence-corrected chi connectivity index (χ0v) is 19.6. The van der Waals surface area contributed by atoms with Crippen LogP contribution in [0.2, 0.25) is 0 Å². The van der Waals surface area contributed by atoms with Crippen molar-refractivity contribution in [1.82, 2.24) is 19.7 Å². The molecule has 2 N–H and O–H groups in total. The molecule has 0 unspecified atom stereocenters. The SMILES string of the molecule is [C-]#[N+]c1ccc(N2CCc3c(ncnc3Nc3ccc(S(=O)(=O)NC4CC4)cn3)C2)cc1C(F)(F)F. The van der Waals surface area contributed by atoms with E-state index >= 15 is 0 Å². The number of pyridine rings is 1. The lowest BCUT2D eigenvalue weighted by atomic mass is 10.0. The average molecular weight is 516 g/mol. The Balaban J connectivity index is 1.34. The van der Waals surface area contributed by atoms with Crippen molar-refractivity contribution in [2.75, 3.05) is 16.8 Å². The molecular weight excluding hydrogens is 495 g/mol. The zero-order valence-electron chi connectivity index (χ0n) is 18.7. The molecule has 0 spiro atoms. The minimum atomic E-state index is -4.63. The van der Waals surface area contributed by atoms with Gasteiger partial charge in [-0.1, -0.05) is 6.07 Å². The number of anilines is 3. The van der Waals surface area contributed by atoms with Gasteiger partial charge in [-0.15, -0.1) is 0 Å². The quantitative estimate of drug-likeness (QED) is 0.475. The predicted octanol–water partition coefficient (Wildman–Crippen LogP) is 4.19. The van der Waals surface area contributed by atoms with Gasteiger partial charge in [-0.2, -0.15) is 13.2 Å². The van der Waals surface area contributed by atoms with E-state index in [1.54, 1.807) is 11.0 Å². The van der Waals surface area contributed by atoms with Crippen LogP contribution in [0.1, 0.15) is 29.7 Å². The molecule has 0 radical (unpaired) electrons. The van der Waals surface area contributed by atoms with E-state index in [0.717, 1.165) is 24.5 Å². The number of benzene rings is 1. The van der Waals surface area contributed by atoms with Crippen LogP contribution in [0.15, 0.2) is 47.8 Å². The first-order chi connectivity index (χ1) is 17.1. The van der Waals surface area contributed by atoms with Crippen LogP contribution in [-0.2, 0) is 29.2 Å². The minimum Gasteiger partial charge on any atom is -0.365 e. The number of alkyl halides is 3. The number of rotatable bonds is 6. The highest BCUT2D eigenvalue weighted by Gasteiger charge is 2.34. The third-order valence-corrected chi connectivity index (χ3v) is 7.48. The summed E-state index contributed by atoms with van der Waals surface area (Å²) in [6, 6.07) is 6.68. The summed E-state index contributed by atoms with van der Waals surface area (Å²) in [4.78, 5) is 17.6. The molecule has 3 heterocycles. The van der Waals surface area contributed by atoms with Gasteiger partial charge in [0.05, 0.1) is 24.4 Å². The zero-order chi connectivity index (χ0) is 25.5. The molecule has 0 bridgehead atoms. The first-order valence-electron chi connectivity index (χ1n) is 11.1. The van der Waals surface area contributed by atoms with E-state index in [1.165, 1.54) is 30.7 Å². The van der Waals surface area contributed by atoms with Crippen molar-refractivity contribution < 1.29 is 21.6 Å². The first-order valence-corrected chi connectivity index (χ1v) is 12.5. The summed E-state index contributed by atoms with van der Waals surface area (Å²) < 4.78 is 67.5. The van der Waals surface area contributed by atoms with E-state index in [2.05, 4.69) is 29.8 Å². The fraction of sp³-hybridized carbons (Fsp3) is 0.304. The van der Waals surface area contributed by atoms with Gasteiger partial charge in [0.15, 0.2) is 5.69 Å². The Morgan fingerprint density at radius 3 is 2.58 bits per heavy atom. The highest BCUT2D eigenvalue weighted by Crippen LogP contribution is 2.39. The molecule has 0 amide bonds. The van der Waals surface area contributed by atoms with Crippen LogP contribution in [0.25, 0.3) is 4.85 Å². The summed E-state index contributed by atoms with van der Waals surface area (Å²) in [6.45, 7) is 7.69. The Hall–Kier alpha value is -3.76. The van der Waals surface area contributed by atoms with Crippen LogP contribution in [0.3, 0.4) is 0 Å². The monoisotopic (exact) mass is 515 g/mol. The number of hydrogen-bond acceptors (Lipinski definition) is 7. The lowest BCUT2D eigenvalue weighted by molar-refractivity contribution is -0.136. The van der Waals surface area contributed by atoms with E-state index in [-0.39, 0.29) is 17.5 Å². The minimum absolute atomic E-state index is 0.00874. The third kappa shape index (κ3) is 4.95. The number of nitrogens with one attached hydrogen (secondary N) is 2. The standard InChI is InChI=1S/C23H20F3N7O2S/c1-27-19-6-4-15(10-18(19)23(24,25)26)33-9-8-17-20(12-33)29-13-30-22(17)31-21-7-5-16(11-28-21)36(34,35)32-14-2-3-14/h4-7,10-11,13-14,32H,2-3,8-9,12H2,(H,28,29,30,31). The molecule has 0 saturated heterocycles. The van der Waals surface area contributed by atoms with Crippen molar-refractivity contribution in [3.63, 3.8) is 0 Å². The molecule has 36 heavy (non-hydrogen) atoms. The van der Waals surface area contributed by atoms with Crippen molar-refractivity contribution in [3.05, 3.63) is 71.1 Å². The molecule has 1 aromatic carbocycles. The second kappa shape index (κ2) is 9.03. The van der Waals surface area contributed by atoms with Crippen molar-refractivity contribution in [2.45, 2.75) is 42.9 Å². The summed E-state index contributed by atoms with van der Waals surface area (Å²) >= 11 is 0. The molecule has 1 aliphatic heterocycles. The highest BCUT2D eigenvalue weighted by atomic mass is 32.2. The molecule has 1 aliphatic carbocycles. The molecule has 5 rings (SSSR count). The second-order valence-electron chi connectivity index (χ2n) is 8.53. The van der Waals surface area contributed by atoms with Crippen LogP contribution in [0.5, 0.6) is 0 Å². The Bertz CT molecular complexity index is 1450. The van der Waals surface area contributed by atoms with Gasteiger partial charge in [0.1, 0.15) is 22.9 Å². The molecular formula is C23H20F3N7O2S. The van der Waals surface area contributed by atoms with Gasteiger partial charge in [-0.05, 0) is 43.5 Å². The van der Waals surface area contributed by atoms with E-state index in [0.29, 0.717) is 36.0 Å². The molecule has 1 saturated carbocycles. The lowest BCUT2D eigenvalue weighted by Crippen LogP contribution is -2.32. The summed E-state index contributed by atoms with van der Waals surface area (Å²) in [6.07, 6.45) is 0.122. The number of halogens is 3.